The summed E-state index contributed by atoms with van der Waals surface area (Å²) >= 11 is 0. The van der Waals surface area contributed by atoms with E-state index in [2.05, 4.69) is 48.3 Å². The third kappa shape index (κ3) is 5.11. The van der Waals surface area contributed by atoms with E-state index in [9.17, 15) is 4.79 Å². The first-order valence-corrected chi connectivity index (χ1v) is 8.06. The first-order valence-electron chi connectivity index (χ1n) is 8.06. The van der Waals surface area contributed by atoms with Gasteiger partial charge >= 0.3 is 0 Å². The standard InChI is InChI=1S/C19H25N3O/c1-3-22(4-2)14-16-8-6-10-18(12-16)21-13-15-7-5-9-17(11-15)19(20)23/h5-12,21H,3-4,13-14H2,1-2H3,(H2,20,23). The lowest BCUT2D eigenvalue weighted by atomic mass is 10.1. The molecule has 0 heterocycles. The van der Waals surface area contributed by atoms with Crippen LogP contribution < -0.4 is 11.1 Å². The summed E-state index contributed by atoms with van der Waals surface area (Å²) in [7, 11) is 0. The van der Waals surface area contributed by atoms with Crippen molar-refractivity contribution in [3.05, 3.63) is 65.2 Å². The van der Waals surface area contributed by atoms with Crippen molar-refractivity contribution >= 4 is 11.6 Å². The zero-order valence-electron chi connectivity index (χ0n) is 13.9. The van der Waals surface area contributed by atoms with Crippen LogP contribution in [0.3, 0.4) is 0 Å². The van der Waals surface area contributed by atoms with E-state index in [0.29, 0.717) is 12.1 Å². The minimum absolute atomic E-state index is 0.395. The maximum absolute atomic E-state index is 11.2. The summed E-state index contributed by atoms with van der Waals surface area (Å²) in [6, 6.07) is 15.9. The van der Waals surface area contributed by atoms with Crippen LogP contribution in [-0.2, 0) is 13.1 Å². The monoisotopic (exact) mass is 311 g/mol. The third-order valence-electron chi connectivity index (χ3n) is 3.94. The number of nitrogens with zero attached hydrogens (tertiary/aromatic N) is 1. The minimum atomic E-state index is -0.395. The summed E-state index contributed by atoms with van der Waals surface area (Å²) in [6.07, 6.45) is 0. The minimum Gasteiger partial charge on any atom is -0.381 e. The molecule has 0 aromatic heterocycles. The Labute approximate surface area is 138 Å². The molecule has 2 aromatic carbocycles. The molecule has 3 N–H and O–H groups in total. The molecule has 4 heteroatoms. The van der Waals surface area contributed by atoms with Crippen LogP contribution in [0.15, 0.2) is 48.5 Å². The van der Waals surface area contributed by atoms with E-state index in [-0.39, 0.29) is 0 Å². The van der Waals surface area contributed by atoms with Gasteiger partial charge in [0.1, 0.15) is 0 Å². The van der Waals surface area contributed by atoms with Gasteiger partial charge in [0.25, 0.3) is 0 Å². The predicted octanol–water partition coefficient (Wildman–Crippen LogP) is 3.24. The van der Waals surface area contributed by atoms with Gasteiger partial charge in [-0.05, 0) is 48.5 Å². The Morgan fingerprint density at radius 3 is 2.43 bits per heavy atom. The number of primary amides is 1. The van der Waals surface area contributed by atoms with Crippen molar-refractivity contribution in [1.82, 2.24) is 4.90 Å². The van der Waals surface area contributed by atoms with Crippen molar-refractivity contribution < 1.29 is 4.79 Å². The fraction of sp³-hybridized carbons (Fsp3) is 0.316. The zero-order valence-corrected chi connectivity index (χ0v) is 13.9. The van der Waals surface area contributed by atoms with Crippen LogP contribution in [0.1, 0.15) is 35.3 Å². The fourth-order valence-electron chi connectivity index (χ4n) is 2.52. The molecule has 2 aromatic rings. The molecular formula is C19H25N3O. The molecule has 0 unspecified atom stereocenters. The van der Waals surface area contributed by atoms with Crippen molar-refractivity contribution in [2.24, 2.45) is 5.73 Å². The molecule has 122 valence electrons. The Hall–Kier alpha value is -2.33. The number of amides is 1. The maximum Gasteiger partial charge on any atom is 0.248 e. The largest absolute Gasteiger partial charge is 0.381 e. The van der Waals surface area contributed by atoms with Crippen LogP contribution in [0.4, 0.5) is 5.69 Å². The van der Waals surface area contributed by atoms with E-state index in [1.165, 1.54) is 5.56 Å². The van der Waals surface area contributed by atoms with Gasteiger partial charge in [0.05, 0.1) is 0 Å². The number of carbonyl (C=O) groups excluding carboxylic acids is 1. The molecule has 1 amide bonds. The number of carbonyl (C=O) groups is 1. The first kappa shape index (κ1) is 17.0. The van der Waals surface area contributed by atoms with E-state index in [0.717, 1.165) is 30.9 Å². The average molecular weight is 311 g/mol. The van der Waals surface area contributed by atoms with Gasteiger partial charge in [-0.25, -0.2) is 0 Å². The quantitative estimate of drug-likeness (QED) is 0.787. The summed E-state index contributed by atoms with van der Waals surface area (Å²) in [5.41, 5.74) is 9.28. The third-order valence-corrected chi connectivity index (χ3v) is 3.94. The van der Waals surface area contributed by atoms with E-state index >= 15 is 0 Å². The molecule has 0 bridgehead atoms. The fourth-order valence-corrected chi connectivity index (χ4v) is 2.52. The lowest BCUT2D eigenvalue weighted by Gasteiger charge is -2.18. The SMILES string of the molecule is CCN(CC)Cc1cccc(NCc2cccc(C(N)=O)c2)c1. The molecule has 23 heavy (non-hydrogen) atoms. The number of benzene rings is 2. The van der Waals surface area contributed by atoms with E-state index in [1.54, 1.807) is 6.07 Å². The second-order valence-electron chi connectivity index (χ2n) is 5.58. The smallest absolute Gasteiger partial charge is 0.248 e. The highest BCUT2D eigenvalue weighted by Gasteiger charge is 2.03. The molecule has 0 fully saturated rings. The molecule has 0 aliphatic carbocycles. The second kappa shape index (κ2) is 8.34. The molecule has 0 saturated heterocycles. The summed E-state index contributed by atoms with van der Waals surface area (Å²) in [4.78, 5) is 13.6. The molecule has 0 saturated carbocycles. The number of rotatable bonds is 8. The van der Waals surface area contributed by atoms with Crippen molar-refractivity contribution in [3.63, 3.8) is 0 Å². The normalized spacial score (nSPS) is 10.7. The van der Waals surface area contributed by atoms with Crippen LogP contribution in [0.5, 0.6) is 0 Å². The van der Waals surface area contributed by atoms with Crippen LogP contribution >= 0.6 is 0 Å². The van der Waals surface area contributed by atoms with Gasteiger partial charge in [-0.1, -0.05) is 38.1 Å². The molecule has 2 rings (SSSR count). The van der Waals surface area contributed by atoms with Crippen LogP contribution in [0.25, 0.3) is 0 Å². The predicted molar refractivity (Wildman–Crippen MR) is 95.4 cm³/mol. The lowest BCUT2D eigenvalue weighted by molar-refractivity contribution is 0.1000. The van der Waals surface area contributed by atoms with E-state index in [1.807, 2.05) is 18.2 Å². The molecule has 0 spiro atoms. The van der Waals surface area contributed by atoms with Crippen LogP contribution in [0, 0.1) is 0 Å². The van der Waals surface area contributed by atoms with Gasteiger partial charge in [0.15, 0.2) is 0 Å². The van der Waals surface area contributed by atoms with Gasteiger partial charge in [-0.2, -0.15) is 0 Å². The van der Waals surface area contributed by atoms with Crippen molar-refractivity contribution in [2.75, 3.05) is 18.4 Å². The van der Waals surface area contributed by atoms with Crippen molar-refractivity contribution in [1.29, 1.82) is 0 Å². The Kier molecular flexibility index (Phi) is 6.18. The number of hydrogen-bond acceptors (Lipinski definition) is 3. The zero-order chi connectivity index (χ0) is 16.7. The maximum atomic E-state index is 11.2. The molecule has 4 nitrogen and oxygen atoms in total. The Morgan fingerprint density at radius 1 is 1.04 bits per heavy atom. The highest BCUT2D eigenvalue weighted by Crippen LogP contribution is 2.14. The number of nitrogens with one attached hydrogen (secondary N) is 1. The molecule has 0 aliphatic rings. The van der Waals surface area contributed by atoms with Gasteiger partial charge < -0.3 is 11.1 Å². The summed E-state index contributed by atoms with van der Waals surface area (Å²) in [6.45, 7) is 8.08. The highest BCUT2D eigenvalue weighted by atomic mass is 16.1. The Bertz CT molecular complexity index is 651. The molecule has 0 radical (unpaired) electrons. The van der Waals surface area contributed by atoms with Crippen molar-refractivity contribution in [2.45, 2.75) is 26.9 Å². The first-order chi connectivity index (χ1) is 11.1. The Balaban J connectivity index is 2.00. The van der Waals surface area contributed by atoms with Crippen molar-refractivity contribution in [3.8, 4) is 0 Å². The number of nitrogens with two attached hydrogens (primary N) is 1. The molecular weight excluding hydrogens is 286 g/mol. The molecule has 0 aliphatic heterocycles. The van der Waals surface area contributed by atoms with Crippen LogP contribution in [-0.4, -0.2) is 23.9 Å². The second-order valence-corrected chi connectivity index (χ2v) is 5.58. The van der Waals surface area contributed by atoms with E-state index < -0.39 is 5.91 Å². The number of anilines is 1. The molecule has 0 atom stereocenters. The number of hydrogen-bond donors (Lipinski definition) is 2. The lowest BCUT2D eigenvalue weighted by Crippen LogP contribution is -2.22. The summed E-state index contributed by atoms with van der Waals surface area (Å²) < 4.78 is 0. The van der Waals surface area contributed by atoms with Gasteiger partial charge in [0, 0.05) is 24.3 Å². The Morgan fingerprint density at radius 2 is 1.74 bits per heavy atom. The summed E-state index contributed by atoms with van der Waals surface area (Å²) in [5.74, 6) is -0.395. The van der Waals surface area contributed by atoms with Gasteiger partial charge in [-0.15, -0.1) is 0 Å². The van der Waals surface area contributed by atoms with Gasteiger partial charge in [0.2, 0.25) is 5.91 Å². The highest BCUT2D eigenvalue weighted by molar-refractivity contribution is 5.92. The summed E-state index contributed by atoms with van der Waals surface area (Å²) in [5, 5.41) is 3.41. The topological polar surface area (TPSA) is 58.4 Å². The van der Waals surface area contributed by atoms with E-state index in [4.69, 9.17) is 5.73 Å². The van der Waals surface area contributed by atoms with Gasteiger partial charge in [-0.3, -0.25) is 9.69 Å². The van der Waals surface area contributed by atoms with Crippen LogP contribution in [0.2, 0.25) is 0 Å². The average Bonchev–Trinajstić information content (AvgIpc) is 2.58.